The number of nitrogens with one attached hydrogen (secondary N) is 1. The van der Waals surface area contributed by atoms with Crippen molar-refractivity contribution in [3.63, 3.8) is 0 Å². The molecule has 3 heteroatoms. The molecule has 0 aliphatic carbocycles. The van der Waals surface area contributed by atoms with Crippen LogP contribution in [0.5, 0.6) is 0 Å². The van der Waals surface area contributed by atoms with Gasteiger partial charge in [0.05, 0.1) is 0 Å². The van der Waals surface area contributed by atoms with E-state index in [1.807, 2.05) is 0 Å². The van der Waals surface area contributed by atoms with Crippen molar-refractivity contribution in [1.82, 2.24) is 10.2 Å². The smallest absolute Gasteiger partial charge is 0.136 e. The quantitative estimate of drug-likeness (QED) is 0.696. The number of alkyl halides is 1. The van der Waals surface area contributed by atoms with E-state index < -0.39 is 5.67 Å². The second-order valence-electron chi connectivity index (χ2n) is 4.41. The summed E-state index contributed by atoms with van der Waals surface area (Å²) in [5.41, 5.74) is -0.942. The monoisotopic (exact) mass is 186 g/mol. The zero-order valence-electron chi connectivity index (χ0n) is 8.19. The van der Waals surface area contributed by atoms with Crippen molar-refractivity contribution < 1.29 is 4.39 Å². The molecule has 2 rings (SSSR count). The predicted molar refractivity (Wildman–Crippen MR) is 51.6 cm³/mol. The van der Waals surface area contributed by atoms with Gasteiger partial charge in [-0.25, -0.2) is 4.39 Å². The number of likely N-dealkylation sites (tertiary alicyclic amines) is 1. The molecule has 1 N–H and O–H groups in total. The van der Waals surface area contributed by atoms with Gasteiger partial charge in [-0.3, -0.25) is 0 Å². The van der Waals surface area contributed by atoms with E-state index >= 15 is 0 Å². The molecular weight excluding hydrogens is 167 g/mol. The Bertz CT molecular complexity index is 160. The minimum absolute atomic E-state index is 0.559. The largest absolute Gasteiger partial charge is 0.313 e. The van der Waals surface area contributed by atoms with Crippen molar-refractivity contribution >= 4 is 0 Å². The Hall–Kier alpha value is -0.150. The highest BCUT2D eigenvalue weighted by Gasteiger charge is 2.34. The summed E-state index contributed by atoms with van der Waals surface area (Å²) in [7, 11) is 0. The lowest BCUT2D eigenvalue weighted by atomic mass is 9.95. The molecule has 0 bridgehead atoms. The Labute approximate surface area is 79.5 Å². The molecule has 0 aromatic carbocycles. The van der Waals surface area contributed by atoms with Gasteiger partial charge in [-0.15, -0.1) is 0 Å². The summed E-state index contributed by atoms with van der Waals surface area (Å²) in [5.74, 6) is 0. The van der Waals surface area contributed by atoms with Crippen molar-refractivity contribution in [2.24, 2.45) is 0 Å². The number of nitrogens with zero attached hydrogens (tertiary/aromatic N) is 1. The first kappa shape index (κ1) is 9.41. The number of halogens is 1. The van der Waals surface area contributed by atoms with Crippen molar-refractivity contribution in [2.75, 3.05) is 32.7 Å². The molecule has 1 unspecified atom stereocenters. The number of rotatable bonds is 2. The number of hydrogen-bond acceptors (Lipinski definition) is 2. The van der Waals surface area contributed by atoms with Gasteiger partial charge in [0.15, 0.2) is 0 Å². The highest BCUT2D eigenvalue weighted by molar-refractivity contribution is 4.89. The van der Waals surface area contributed by atoms with Crippen LogP contribution >= 0.6 is 0 Å². The lowest BCUT2D eigenvalue weighted by Crippen LogP contribution is -2.49. The fraction of sp³-hybridized carbons (Fsp3) is 1.00. The average molecular weight is 186 g/mol. The lowest BCUT2D eigenvalue weighted by Gasteiger charge is -2.33. The fourth-order valence-electron chi connectivity index (χ4n) is 2.41. The van der Waals surface area contributed by atoms with Crippen LogP contribution in [0.2, 0.25) is 0 Å². The molecule has 2 aliphatic heterocycles. The van der Waals surface area contributed by atoms with E-state index in [0.29, 0.717) is 13.1 Å². The maximum Gasteiger partial charge on any atom is 0.136 e. The van der Waals surface area contributed by atoms with E-state index in [1.165, 1.54) is 12.8 Å². The molecule has 13 heavy (non-hydrogen) atoms. The molecule has 0 radical (unpaired) electrons. The Morgan fingerprint density at radius 3 is 2.62 bits per heavy atom. The summed E-state index contributed by atoms with van der Waals surface area (Å²) in [6.07, 6.45) is 4.24. The van der Waals surface area contributed by atoms with Gasteiger partial charge in [-0.2, -0.15) is 0 Å². The Morgan fingerprint density at radius 1 is 1.23 bits per heavy atom. The van der Waals surface area contributed by atoms with E-state index in [9.17, 15) is 4.39 Å². The molecule has 0 spiro atoms. The fourth-order valence-corrected chi connectivity index (χ4v) is 2.41. The first-order valence-electron chi connectivity index (χ1n) is 5.41. The van der Waals surface area contributed by atoms with Gasteiger partial charge in [0.2, 0.25) is 0 Å². The summed E-state index contributed by atoms with van der Waals surface area (Å²) in [4.78, 5) is 2.27. The minimum atomic E-state index is -0.942. The van der Waals surface area contributed by atoms with Crippen LogP contribution in [-0.4, -0.2) is 43.3 Å². The molecule has 2 fully saturated rings. The molecule has 2 saturated heterocycles. The van der Waals surface area contributed by atoms with Gasteiger partial charge < -0.3 is 10.2 Å². The van der Waals surface area contributed by atoms with Crippen LogP contribution < -0.4 is 5.32 Å². The van der Waals surface area contributed by atoms with Gasteiger partial charge >= 0.3 is 0 Å². The van der Waals surface area contributed by atoms with Gasteiger partial charge in [0.25, 0.3) is 0 Å². The topological polar surface area (TPSA) is 15.3 Å². The first-order chi connectivity index (χ1) is 6.29. The van der Waals surface area contributed by atoms with Crippen molar-refractivity contribution in [3.8, 4) is 0 Å². The van der Waals surface area contributed by atoms with Crippen LogP contribution in [0, 0.1) is 0 Å². The maximum absolute atomic E-state index is 14.1. The second kappa shape index (κ2) is 3.93. The Balaban J connectivity index is 1.83. The summed E-state index contributed by atoms with van der Waals surface area (Å²) >= 11 is 0. The highest BCUT2D eigenvalue weighted by Crippen LogP contribution is 2.23. The normalized spacial score (nSPS) is 36.7. The summed E-state index contributed by atoms with van der Waals surface area (Å²) in [6.45, 7) is 4.41. The standard InChI is InChI=1S/C10H19FN2/c11-10(4-3-5-12-8-10)9-13-6-1-2-7-13/h12H,1-9H2. The van der Waals surface area contributed by atoms with Crippen molar-refractivity contribution in [3.05, 3.63) is 0 Å². The number of piperidine rings is 1. The minimum Gasteiger partial charge on any atom is -0.313 e. The van der Waals surface area contributed by atoms with Gasteiger partial charge in [-0.1, -0.05) is 0 Å². The molecule has 2 heterocycles. The summed E-state index contributed by atoms with van der Waals surface area (Å²) in [6, 6.07) is 0. The van der Waals surface area contributed by atoms with Crippen LogP contribution in [0.15, 0.2) is 0 Å². The Kier molecular flexibility index (Phi) is 2.84. The third-order valence-electron chi connectivity index (χ3n) is 3.13. The van der Waals surface area contributed by atoms with Gasteiger partial charge in [-0.05, 0) is 45.3 Å². The number of hydrogen-bond donors (Lipinski definition) is 1. The van der Waals surface area contributed by atoms with Gasteiger partial charge in [0.1, 0.15) is 5.67 Å². The van der Waals surface area contributed by atoms with E-state index in [0.717, 1.165) is 32.5 Å². The molecule has 2 nitrogen and oxygen atoms in total. The zero-order chi connectivity index (χ0) is 9.15. The van der Waals surface area contributed by atoms with Crippen LogP contribution in [-0.2, 0) is 0 Å². The zero-order valence-corrected chi connectivity index (χ0v) is 8.19. The predicted octanol–water partition coefficient (Wildman–Crippen LogP) is 1.17. The third kappa shape index (κ3) is 2.41. The molecular formula is C10H19FN2. The summed E-state index contributed by atoms with van der Waals surface area (Å²) < 4.78 is 14.1. The third-order valence-corrected chi connectivity index (χ3v) is 3.13. The lowest BCUT2D eigenvalue weighted by molar-refractivity contribution is 0.0767. The molecule has 0 aromatic heterocycles. The van der Waals surface area contributed by atoms with E-state index in [4.69, 9.17) is 0 Å². The van der Waals surface area contributed by atoms with Crippen LogP contribution in [0.25, 0.3) is 0 Å². The van der Waals surface area contributed by atoms with E-state index in [-0.39, 0.29) is 0 Å². The van der Waals surface area contributed by atoms with E-state index in [1.54, 1.807) is 0 Å². The maximum atomic E-state index is 14.1. The van der Waals surface area contributed by atoms with Crippen molar-refractivity contribution in [1.29, 1.82) is 0 Å². The van der Waals surface area contributed by atoms with Crippen LogP contribution in [0.3, 0.4) is 0 Å². The SMILES string of the molecule is FC1(CN2CCCC2)CCCNC1. The molecule has 76 valence electrons. The molecule has 0 aromatic rings. The van der Waals surface area contributed by atoms with E-state index in [2.05, 4.69) is 10.2 Å². The van der Waals surface area contributed by atoms with Crippen LogP contribution in [0.4, 0.5) is 4.39 Å². The second-order valence-corrected chi connectivity index (χ2v) is 4.41. The molecule has 1 atom stereocenters. The van der Waals surface area contributed by atoms with Gasteiger partial charge in [0, 0.05) is 13.1 Å². The molecule has 0 amide bonds. The average Bonchev–Trinajstić information content (AvgIpc) is 2.57. The Morgan fingerprint density at radius 2 is 2.00 bits per heavy atom. The van der Waals surface area contributed by atoms with Crippen LogP contribution in [0.1, 0.15) is 25.7 Å². The first-order valence-corrected chi connectivity index (χ1v) is 5.41. The summed E-state index contributed by atoms with van der Waals surface area (Å²) in [5, 5.41) is 3.15. The molecule has 2 aliphatic rings. The van der Waals surface area contributed by atoms with Crippen molar-refractivity contribution in [2.45, 2.75) is 31.4 Å². The highest BCUT2D eigenvalue weighted by atomic mass is 19.1. The molecule has 0 saturated carbocycles.